The highest BCUT2D eigenvalue weighted by Gasteiger charge is 2.37. The zero-order valence-corrected chi connectivity index (χ0v) is 22.3. The Bertz CT molecular complexity index is 1070. The van der Waals surface area contributed by atoms with Gasteiger partial charge in [-0.3, -0.25) is 14.6 Å². The largest absolute Gasteiger partial charge is 0.492 e. The summed E-state index contributed by atoms with van der Waals surface area (Å²) in [6, 6.07) is 11.0. The van der Waals surface area contributed by atoms with E-state index in [1.807, 2.05) is 29.2 Å². The zero-order valence-electron chi connectivity index (χ0n) is 22.3. The molecule has 39 heavy (non-hydrogen) atoms. The number of rotatable bonds is 11. The minimum absolute atomic E-state index is 0.0191. The zero-order chi connectivity index (χ0) is 27.7. The monoisotopic (exact) mass is 549 g/mol. The molecule has 4 rings (SSSR count). The predicted octanol–water partition coefficient (Wildman–Crippen LogP) is 1.78. The van der Waals surface area contributed by atoms with Crippen molar-refractivity contribution in [2.24, 2.45) is 0 Å². The number of ether oxygens (including phenoxy) is 4. The van der Waals surface area contributed by atoms with Crippen LogP contribution in [0.5, 0.6) is 11.5 Å². The molecule has 2 aromatic carbocycles. The Morgan fingerprint density at radius 2 is 1.69 bits per heavy atom. The quantitative estimate of drug-likeness (QED) is 0.454. The first kappa shape index (κ1) is 29.2. The molecule has 2 fully saturated rings. The number of carbonyl (C=O) groups is 1. The minimum Gasteiger partial charge on any atom is -0.492 e. The number of methoxy groups -OCH3 is 1. The van der Waals surface area contributed by atoms with Gasteiger partial charge >= 0.3 is 0 Å². The molecule has 0 spiro atoms. The first-order valence-electron chi connectivity index (χ1n) is 13.1. The summed E-state index contributed by atoms with van der Waals surface area (Å²) in [6.07, 6.45) is 0. The molecule has 0 aliphatic carbocycles. The van der Waals surface area contributed by atoms with Crippen LogP contribution in [0, 0.1) is 11.6 Å². The number of benzene rings is 2. The Morgan fingerprint density at radius 3 is 2.41 bits per heavy atom. The van der Waals surface area contributed by atoms with Gasteiger partial charge < -0.3 is 29.0 Å². The second kappa shape index (κ2) is 14.0. The predicted molar refractivity (Wildman–Crippen MR) is 140 cm³/mol. The molecule has 0 saturated carbocycles. The lowest BCUT2D eigenvalue weighted by molar-refractivity contribution is -0.138. The van der Waals surface area contributed by atoms with Gasteiger partial charge in [-0.15, -0.1) is 0 Å². The topological polar surface area (TPSA) is 83.9 Å². The van der Waals surface area contributed by atoms with Crippen LogP contribution in [-0.2, 0) is 20.8 Å². The number of nitrogens with zero attached hydrogens (tertiary/aromatic N) is 3. The van der Waals surface area contributed by atoms with Gasteiger partial charge in [0.05, 0.1) is 19.8 Å². The summed E-state index contributed by atoms with van der Waals surface area (Å²) in [7, 11) is 1.44. The van der Waals surface area contributed by atoms with Crippen LogP contribution >= 0.6 is 0 Å². The molecule has 1 amide bonds. The maximum absolute atomic E-state index is 13.6. The van der Waals surface area contributed by atoms with Crippen molar-refractivity contribution in [1.82, 2.24) is 14.7 Å². The number of morpholine rings is 1. The number of amides is 1. The van der Waals surface area contributed by atoms with Gasteiger partial charge in [0.15, 0.2) is 11.6 Å². The first-order chi connectivity index (χ1) is 18.8. The van der Waals surface area contributed by atoms with Crippen molar-refractivity contribution >= 4 is 5.91 Å². The van der Waals surface area contributed by atoms with Crippen LogP contribution in [-0.4, -0.2) is 117 Å². The lowest BCUT2D eigenvalue weighted by Crippen LogP contribution is -2.52. The third-order valence-corrected chi connectivity index (χ3v) is 6.82. The molecule has 11 heteroatoms. The SMILES string of the molecule is COCC(=O)N1CCN(Cc2ccc(OCCN3CCOCC3)cc2)C[C@@](O)(COc2ccc(F)c(F)c2)C1. The fourth-order valence-electron chi connectivity index (χ4n) is 4.75. The van der Waals surface area contributed by atoms with Gasteiger partial charge in [-0.25, -0.2) is 8.78 Å². The molecule has 2 aromatic rings. The number of hydrogen-bond donors (Lipinski definition) is 1. The third kappa shape index (κ3) is 8.84. The first-order valence-corrected chi connectivity index (χ1v) is 13.1. The van der Waals surface area contributed by atoms with E-state index in [9.17, 15) is 18.7 Å². The standard InChI is InChI=1S/C28H37F2N3O6/c1-36-18-27(34)33-9-8-32(19-28(35,20-33)21-39-24-6-7-25(29)26(30)16-24)17-22-2-4-23(5-3-22)38-15-12-31-10-13-37-14-11-31/h2-7,16,35H,8-15,17-21H2,1H3/t28-/m0/s1. The highest BCUT2D eigenvalue weighted by atomic mass is 19.2. The molecule has 0 radical (unpaired) electrons. The summed E-state index contributed by atoms with van der Waals surface area (Å²) in [4.78, 5) is 18.5. The number of halogens is 2. The Hall–Kier alpha value is -2.83. The average Bonchev–Trinajstić information content (AvgIpc) is 3.10. The molecule has 2 aliphatic heterocycles. The summed E-state index contributed by atoms with van der Waals surface area (Å²) in [5.41, 5.74) is -0.427. The average molecular weight is 550 g/mol. The molecule has 9 nitrogen and oxygen atoms in total. The van der Waals surface area contributed by atoms with Crippen LogP contribution in [0.2, 0.25) is 0 Å². The molecule has 1 atom stereocenters. The van der Waals surface area contributed by atoms with Crippen LogP contribution in [0.3, 0.4) is 0 Å². The molecule has 2 aliphatic rings. The normalized spacial score (nSPS) is 21.0. The summed E-state index contributed by atoms with van der Waals surface area (Å²) in [5.74, 6) is -1.38. The highest BCUT2D eigenvalue weighted by Crippen LogP contribution is 2.22. The van der Waals surface area contributed by atoms with E-state index in [2.05, 4.69) is 4.90 Å². The van der Waals surface area contributed by atoms with Crippen molar-refractivity contribution in [2.75, 3.05) is 86.0 Å². The van der Waals surface area contributed by atoms with E-state index < -0.39 is 17.2 Å². The van der Waals surface area contributed by atoms with Crippen molar-refractivity contribution < 1.29 is 37.6 Å². The second-order valence-corrected chi connectivity index (χ2v) is 9.99. The smallest absolute Gasteiger partial charge is 0.248 e. The van der Waals surface area contributed by atoms with Crippen molar-refractivity contribution in [3.63, 3.8) is 0 Å². The molecule has 0 unspecified atom stereocenters. The van der Waals surface area contributed by atoms with Gasteiger partial charge in [0.25, 0.3) is 0 Å². The summed E-state index contributed by atoms with van der Waals surface area (Å²) < 4.78 is 48.9. The molecular weight excluding hydrogens is 512 g/mol. The van der Waals surface area contributed by atoms with Crippen LogP contribution < -0.4 is 9.47 Å². The van der Waals surface area contributed by atoms with Gasteiger partial charge in [0.1, 0.15) is 36.9 Å². The van der Waals surface area contributed by atoms with Crippen LogP contribution in [0.4, 0.5) is 8.78 Å². The summed E-state index contributed by atoms with van der Waals surface area (Å²) >= 11 is 0. The number of β-amino-alcohol motifs (C(OH)–C–C–N with tert-alkyl or cyclic N) is 1. The van der Waals surface area contributed by atoms with Crippen molar-refractivity contribution in [3.05, 3.63) is 59.7 Å². The molecule has 214 valence electrons. The second-order valence-electron chi connectivity index (χ2n) is 9.99. The molecule has 2 saturated heterocycles. The van der Waals surface area contributed by atoms with E-state index >= 15 is 0 Å². The number of hydrogen-bond acceptors (Lipinski definition) is 8. The fourth-order valence-corrected chi connectivity index (χ4v) is 4.75. The fraction of sp³-hybridized carbons (Fsp3) is 0.536. The highest BCUT2D eigenvalue weighted by molar-refractivity contribution is 5.77. The summed E-state index contributed by atoms with van der Waals surface area (Å²) in [6.45, 7) is 6.20. The summed E-state index contributed by atoms with van der Waals surface area (Å²) in [5, 5.41) is 11.5. The molecule has 0 bridgehead atoms. The maximum Gasteiger partial charge on any atom is 0.248 e. The number of carbonyl (C=O) groups excluding carboxylic acids is 1. The van der Waals surface area contributed by atoms with Gasteiger partial charge in [0.2, 0.25) is 5.91 Å². The Balaban J connectivity index is 1.36. The molecule has 0 aromatic heterocycles. The van der Waals surface area contributed by atoms with Crippen LogP contribution in [0.1, 0.15) is 5.56 Å². The lowest BCUT2D eigenvalue weighted by Gasteiger charge is -2.33. The van der Waals surface area contributed by atoms with Crippen molar-refractivity contribution in [1.29, 1.82) is 0 Å². The van der Waals surface area contributed by atoms with E-state index in [1.54, 1.807) is 4.90 Å². The van der Waals surface area contributed by atoms with Crippen molar-refractivity contribution in [3.8, 4) is 11.5 Å². The van der Waals surface area contributed by atoms with E-state index in [0.717, 1.165) is 56.3 Å². The number of aliphatic hydroxyl groups is 1. The maximum atomic E-state index is 13.6. The Labute approximate surface area is 227 Å². The lowest BCUT2D eigenvalue weighted by atomic mass is 10.0. The van der Waals surface area contributed by atoms with Crippen LogP contribution in [0.15, 0.2) is 42.5 Å². The molecule has 2 heterocycles. The van der Waals surface area contributed by atoms with Gasteiger partial charge in [-0.05, 0) is 29.8 Å². The van der Waals surface area contributed by atoms with E-state index in [4.69, 9.17) is 18.9 Å². The van der Waals surface area contributed by atoms with Gasteiger partial charge in [-0.2, -0.15) is 0 Å². The minimum atomic E-state index is -1.45. The van der Waals surface area contributed by atoms with Gasteiger partial charge in [0, 0.05) is 59.0 Å². The van der Waals surface area contributed by atoms with E-state index in [-0.39, 0.29) is 38.0 Å². The Kier molecular flexibility index (Phi) is 10.5. The Morgan fingerprint density at radius 1 is 0.949 bits per heavy atom. The molecule has 1 N–H and O–H groups in total. The van der Waals surface area contributed by atoms with E-state index in [1.165, 1.54) is 13.2 Å². The van der Waals surface area contributed by atoms with Crippen LogP contribution in [0.25, 0.3) is 0 Å². The van der Waals surface area contributed by atoms with Crippen molar-refractivity contribution in [2.45, 2.75) is 12.1 Å². The van der Waals surface area contributed by atoms with Gasteiger partial charge in [-0.1, -0.05) is 12.1 Å². The van der Waals surface area contributed by atoms with E-state index in [0.29, 0.717) is 26.2 Å². The molecular formula is C28H37F2N3O6. The third-order valence-electron chi connectivity index (χ3n) is 6.82.